The van der Waals surface area contributed by atoms with Crippen LogP contribution in [0.1, 0.15) is 56.9 Å². The van der Waals surface area contributed by atoms with Gasteiger partial charge in [0.05, 0.1) is 12.0 Å². The summed E-state index contributed by atoms with van der Waals surface area (Å²) in [7, 11) is 0. The van der Waals surface area contributed by atoms with E-state index in [0.717, 1.165) is 24.2 Å². The molecule has 6 heteroatoms. The first-order valence-corrected chi connectivity index (χ1v) is 9.63. The van der Waals surface area contributed by atoms with Gasteiger partial charge >= 0.3 is 12.0 Å². The molecule has 2 aliphatic rings. The van der Waals surface area contributed by atoms with Crippen molar-refractivity contribution in [1.82, 2.24) is 10.6 Å². The van der Waals surface area contributed by atoms with Crippen LogP contribution in [0.5, 0.6) is 5.75 Å². The minimum Gasteiger partial charge on any atom is -0.490 e. The van der Waals surface area contributed by atoms with E-state index >= 15 is 0 Å². The van der Waals surface area contributed by atoms with Gasteiger partial charge in [-0.3, -0.25) is 4.79 Å². The smallest absolute Gasteiger partial charge is 0.315 e. The van der Waals surface area contributed by atoms with Crippen LogP contribution in [0.25, 0.3) is 0 Å². The molecule has 26 heavy (non-hydrogen) atoms. The molecule has 0 aliphatic heterocycles. The summed E-state index contributed by atoms with van der Waals surface area (Å²) >= 11 is 0. The number of carboxylic acid groups (broad SMARTS) is 1. The Kier molecular flexibility index (Phi) is 6.36. The maximum absolute atomic E-state index is 12.2. The van der Waals surface area contributed by atoms with E-state index in [4.69, 9.17) is 9.84 Å². The van der Waals surface area contributed by atoms with Crippen molar-refractivity contribution in [2.75, 3.05) is 0 Å². The lowest BCUT2D eigenvalue weighted by Gasteiger charge is -2.27. The highest BCUT2D eigenvalue weighted by atomic mass is 16.5. The fourth-order valence-electron chi connectivity index (χ4n) is 3.85. The van der Waals surface area contributed by atoms with E-state index in [1.165, 1.54) is 12.8 Å². The molecule has 0 unspecified atom stereocenters. The van der Waals surface area contributed by atoms with Crippen LogP contribution < -0.4 is 15.4 Å². The molecule has 1 aromatic rings. The molecule has 0 atom stereocenters. The highest BCUT2D eigenvalue weighted by Crippen LogP contribution is 2.27. The molecular formula is C20H28N2O4. The molecule has 2 aliphatic carbocycles. The fraction of sp³-hybridized carbons (Fsp3) is 0.600. The van der Waals surface area contributed by atoms with Gasteiger partial charge < -0.3 is 20.5 Å². The number of hydrogen-bond acceptors (Lipinski definition) is 3. The van der Waals surface area contributed by atoms with Gasteiger partial charge in [-0.15, -0.1) is 0 Å². The Morgan fingerprint density at radius 3 is 2.42 bits per heavy atom. The summed E-state index contributed by atoms with van der Waals surface area (Å²) in [5.41, 5.74) is 0.976. The molecular weight excluding hydrogens is 332 g/mol. The number of carboxylic acids is 1. The van der Waals surface area contributed by atoms with Crippen LogP contribution in [0.2, 0.25) is 0 Å². The van der Waals surface area contributed by atoms with Gasteiger partial charge in [-0.05, 0) is 57.4 Å². The number of benzene rings is 1. The van der Waals surface area contributed by atoms with Gasteiger partial charge in [0.25, 0.3) is 0 Å². The van der Waals surface area contributed by atoms with E-state index in [2.05, 4.69) is 10.6 Å². The van der Waals surface area contributed by atoms with Gasteiger partial charge in [0.15, 0.2) is 0 Å². The Morgan fingerprint density at radius 2 is 1.73 bits per heavy atom. The lowest BCUT2D eigenvalue weighted by atomic mass is 9.86. The molecule has 2 saturated carbocycles. The molecule has 3 rings (SSSR count). The first-order chi connectivity index (χ1) is 12.6. The van der Waals surface area contributed by atoms with Crippen LogP contribution >= 0.6 is 0 Å². The van der Waals surface area contributed by atoms with E-state index in [1.807, 2.05) is 24.3 Å². The topological polar surface area (TPSA) is 87.7 Å². The zero-order valence-corrected chi connectivity index (χ0v) is 15.1. The van der Waals surface area contributed by atoms with Crippen molar-refractivity contribution in [2.24, 2.45) is 5.92 Å². The number of rotatable bonds is 6. The number of amides is 2. The third-order valence-corrected chi connectivity index (χ3v) is 5.42. The standard InChI is InChI=1S/C20H28N2O4/c23-19(24)14-9-11-16(12-10-14)22-20(25)21-13-15-5-1-4-8-18(15)26-17-6-2-3-7-17/h1,4-5,8,14,16-17H,2-3,6-7,9-13H2,(H,23,24)(H2,21,22,25). The number of carbonyl (C=O) groups excluding carboxylic acids is 1. The number of urea groups is 1. The van der Waals surface area contributed by atoms with E-state index < -0.39 is 5.97 Å². The molecule has 0 aromatic heterocycles. The van der Waals surface area contributed by atoms with Crippen molar-refractivity contribution >= 4 is 12.0 Å². The molecule has 2 amide bonds. The van der Waals surface area contributed by atoms with Crippen LogP contribution in [-0.2, 0) is 11.3 Å². The fourth-order valence-corrected chi connectivity index (χ4v) is 3.85. The van der Waals surface area contributed by atoms with Crippen molar-refractivity contribution in [3.8, 4) is 5.75 Å². The van der Waals surface area contributed by atoms with Gasteiger partial charge in [0, 0.05) is 18.2 Å². The Labute approximate surface area is 154 Å². The number of ether oxygens (including phenoxy) is 1. The zero-order chi connectivity index (χ0) is 18.4. The average molecular weight is 360 g/mol. The summed E-state index contributed by atoms with van der Waals surface area (Å²) in [6, 6.07) is 7.68. The summed E-state index contributed by atoms with van der Waals surface area (Å²) in [6.45, 7) is 0.416. The Balaban J connectivity index is 1.45. The predicted molar refractivity (Wildman–Crippen MR) is 98.1 cm³/mol. The monoisotopic (exact) mass is 360 g/mol. The van der Waals surface area contributed by atoms with Crippen LogP contribution in [0, 0.1) is 5.92 Å². The second-order valence-corrected chi connectivity index (χ2v) is 7.35. The first-order valence-electron chi connectivity index (χ1n) is 9.63. The number of hydrogen-bond donors (Lipinski definition) is 3. The molecule has 3 N–H and O–H groups in total. The molecule has 0 bridgehead atoms. The van der Waals surface area contributed by atoms with Crippen molar-refractivity contribution in [3.05, 3.63) is 29.8 Å². The Bertz CT molecular complexity index is 620. The Morgan fingerprint density at radius 1 is 1.04 bits per heavy atom. The van der Waals surface area contributed by atoms with Gasteiger partial charge in [-0.25, -0.2) is 4.79 Å². The minimum absolute atomic E-state index is 0.0515. The number of carbonyl (C=O) groups is 2. The van der Waals surface area contributed by atoms with Crippen LogP contribution in [0.15, 0.2) is 24.3 Å². The predicted octanol–water partition coefficient (Wildman–Crippen LogP) is 3.45. The largest absolute Gasteiger partial charge is 0.490 e. The molecule has 0 spiro atoms. The van der Waals surface area contributed by atoms with Crippen LogP contribution in [0.3, 0.4) is 0 Å². The third-order valence-electron chi connectivity index (χ3n) is 5.42. The highest BCUT2D eigenvalue weighted by molar-refractivity contribution is 5.74. The highest BCUT2D eigenvalue weighted by Gasteiger charge is 2.26. The molecule has 0 saturated heterocycles. The molecule has 0 radical (unpaired) electrons. The van der Waals surface area contributed by atoms with Gasteiger partial charge in [0.1, 0.15) is 5.75 Å². The summed E-state index contributed by atoms with van der Waals surface area (Å²) in [5, 5.41) is 14.9. The van der Waals surface area contributed by atoms with Crippen LogP contribution in [-0.4, -0.2) is 29.3 Å². The van der Waals surface area contributed by atoms with Crippen LogP contribution in [0.4, 0.5) is 4.79 Å². The molecule has 1 aromatic carbocycles. The molecule has 2 fully saturated rings. The number of aliphatic carboxylic acids is 1. The summed E-state index contributed by atoms with van der Waals surface area (Å²) in [5.74, 6) is -0.149. The van der Waals surface area contributed by atoms with E-state index in [9.17, 15) is 9.59 Å². The van der Waals surface area contributed by atoms with Gasteiger partial charge in [-0.1, -0.05) is 18.2 Å². The second-order valence-electron chi connectivity index (χ2n) is 7.35. The first kappa shape index (κ1) is 18.5. The molecule has 6 nitrogen and oxygen atoms in total. The maximum Gasteiger partial charge on any atom is 0.315 e. The normalized spacial score (nSPS) is 23.4. The Hall–Kier alpha value is -2.24. The second kappa shape index (κ2) is 8.92. The van der Waals surface area contributed by atoms with E-state index in [0.29, 0.717) is 32.2 Å². The SMILES string of the molecule is O=C(NCc1ccccc1OC1CCCC1)NC1CCC(C(=O)O)CC1. The van der Waals surface area contributed by atoms with Crippen molar-refractivity contribution < 1.29 is 19.4 Å². The van der Waals surface area contributed by atoms with Crippen molar-refractivity contribution in [1.29, 1.82) is 0 Å². The van der Waals surface area contributed by atoms with Crippen molar-refractivity contribution in [2.45, 2.75) is 70.1 Å². The summed E-state index contributed by atoms with van der Waals surface area (Å²) in [4.78, 5) is 23.2. The lowest BCUT2D eigenvalue weighted by molar-refractivity contribution is -0.142. The number of nitrogens with one attached hydrogen (secondary N) is 2. The zero-order valence-electron chi connectivity index (χ0n) is 15.1. The average Bonchev–Trinajstić information content (AvgIpc) is 3.14. The molecule has 0 heterocycles. The summed E-state index contributed by atoms with van der Waals surface area (Å²) in [6.07, 6.45) is 7.60. The molecule has 142 valence electrons. The van der Waals surface area contributed by atoms with Crippen molar-refractivity contribution in [3.63, 3.8) is 0 Å². The van der Waals surface area contributed by atoms with E-state index in [1.54, 1.807) is 0 Å². The minimum atomic E-state index is -0.730. The van der Waals surface area contributed by atoms with E-state index in [-0.39, 0.29) is 24.1 Å². The summed E-state index contributed by atoms with van der Waals surface area (Å²) < 4.78 is 6.10. The van der Waals surface area contributed by atoms with Gasteiger partial charge in [0.2, 0.25) is 0 Å². The van der Waals surface area contributed by atoms with Gasteiger partial charge in [-0.2, -0.15) is 0 Å². The number of para-hydroxylation sites is 1. The third kappa shape index (κ3) is 5.13. The quantitative estimate of drug-likeness (QED) is 0.725. The maximum atomic E-state index is 12.2. The lowest BCUT2D eigenvalue weighted by Crippen LogP contribution is -2.43.